The minimum absolute atomic E-state index is 0.332. The second-order valence-electron chi connectivity index (χ2n) is 3.47. The average Bonchev–Trinajstić information content (AvgIpc) is 2.70. The number of aromatic nitrogens is 2. The van der Waals surface area contributed by atoms with Gasteiger partial charge in [0.1, 0.15) is 0 Å². The van der Waals surface area contributed by atoms with Crippen molar-refractivity contribution in [2.24, 2.45) is 13.0 Å². The summed E-state index contributed by atoms with van der Waals surface area (Å²) in [6.45, 7) is 0.510. The minimum Gasteiger partial charge on any atom is -0.481 e. The summed E-state index contributed by atoms with van der Waals surface area (Å²) in [6.07, 6.45) is 3.70. The van der Waals surface area contributed by atoms with Crippen molar-refractivity contribution in [3.8, 4) is 0 Å². The fraction of sp³-hybridized carbons (Fsp3) is 0.556. The van der Waals surface area contributed by atoms with Gasteiger partial charge in [-0.2, -0.15) is 5.10 Å². The molecule has 5 heteroatoms. The molecule has 1 aliphatic rings. The molecule has 14 heavy (non-hydrogen) atoms. The van der Waals surface area contributed by atoms with Gasteiger partial charge in [0, 0.05) is 25.4 Å². The van der Waals surface area contributed by atoms with Crippen molar-refractivity contribution in [1.82, 2.24) is 9.78 Å². The third kappa shape index (κ3) is 1.50. The Kier molecular flexibility index (Phi) is 2.25. The van der Waals surface area contributed by atoms with Crippen molar-refractivity contribution in [3.05, 3.63) is 18.0 Å². The summed E-state index contributed by atoms with van der Waals surface area (Å²) in [5, 5.41) is 12.9. The molecule has 0 amide bonds. The van der Waals surface area contributed by atoms with Crippen LogP contribution in [-0.2, 0) is 16.6 Å². The summed E-state index contributed by atoms with van der Waals surface area (Å²) in [7, 11) is 1.80. The molecule has 0 saturated carbocycles. The van der Waals surface area contributed by atoms with Gasteiger partial charge in [-0.3, -0.25) is 9.48 Å². The first kappa shape index (κ1) is 9.21. The van der Waals surface area contributed by atoms with E-state index in [0.29, 0.717) is 13.0 Å². The Morgan fingerprint density at radius 1 is 1.79 bits per heavy atom. The standard InChI is InChI=1S/C9H12N2O3/c1-11-5-6(4-10-11)8-7(9(12)13)2-3-14-8/h4-5,7-8H,2-3H2,1H3,(H,12,13). The highest BCUT2D eigenvalue weighted by Crippen LogP contribution is 2.34. The molecule has 1 N–H and O–H groups in total. The number of nitrogens with zero attached hydrogens (tertiary/aromatic N) is 2. The van der Waals surface area contributed by atoms with Crippen LogP contribution in [0.3, 0.4) is 0 Å². The fourth-order valence-electron chi connectivity index (χ4n) is 1.76. The molecule has 1 aromatic heterocycles. The monoisotopic (exact) mass is 196 g/mol. The van der Waals surface area contributed by atoms with Crippen LogP contribution in [0.15, 0.2) is 12.4 Å². The molecule has 2 heterocycles. The van der Waals surface area contributed by atoms with E-state index in [1.54, 1.807) is 24.1 Å². The van der Waals surface area contributed by atoms with E-state index >= 15 is 0 Å². The Morgan fingerprint density at radius 3 is 3.14 bits per heavy atom. The normalized spacial score (nSPS) is 26.6. The first-order chi connectivity index (χ1) is 6.68. The average molecular weight is 196 g/mol. The van der Waals surface area contributed by atoms with E-state index in [-0.39, 0.29) is 6.10 Å². The molecule has 2 atom stereocenters. The molecule has 1 saturated heterocycles. The first-order valence-corrected chi connectivity index (χ1v) is 4.51. The Hall–Kier alpha value is -1.36. The Labute approximate surface area is 81.3 Å². The van der Waals surface area contributed by atoms with Crippen LogP contribution in [0.2, 0.25) is 0 Å². The highest BCUT2D eigenvalue weighted by atomic mass is 16.5. The van der Waals surface area contributed by atoms with Gasteiger partial charge in [-0.05, 0) is 6.42 Å². The van der Waals surface area contributed by atoms with Gasteiger partial charge < -0.3 is 9.84 Å². The van der Waals surface area contributed by atoms with Crippen LogP contribution in [0.25, 0.3) is 0 Å². The molecule has 76 valence electrons. The van der Waals surface area contributed by atoms with Crippen LogP contribution in [0.4, 0.5) is 0 Å². The molecule has 5 nitrogen and oxygen atoms in total. The van der Waals surface area contributed by atoms with E-state index in [1.165, 1.54) is 0 Å². The molecule has 0 aliphatic carbocycles. The SMILES string of the molecule is Cn1cc(C2OCCC2C(=O)O)cn1. The highest BCUT2D eigenvalue weighted by Gasteiger charge is 2.35. The van der Waals surface area contributed by atoms with Crippen molar-refractivity contribution in [2.45, 2.75) is 12.5 Å². The summed E-state index contributed by atoms with van der Waals surface area (Å²) in [6, 6.07) is 0. The molecular formula is C9H12N2O3. The number of hydrogen-bond acceptors (Lipinski definition) is 3. The zero-order chi connectivity index (χ0) is 10.1. The van der Waals surface area contributed by atoms with Gasteiger partial charge in [0.2, 0.25) is 0 Å². The van der Waals surface area contributed by atoms with Gasteiger partial charge in [0.05, 0.1) is 18.2 Å². The highest BCUT2D eigenvalue weighted by molar-refractivity contribution is 5.71. The van der Waals surface area contributed by atoms with Gasteiger partial charge in [0.25, 0.3) is 0 Å². The smallest absolute Gasteiger partial charge is 0.309 e. The van der Waals surface area contributed by atoms with Gasteiger partial charge >= 0.3 is 5.97 Å². The number of aryl methyl sites for hydroxylation is 1. The van der Waals surface area contributed by atoms with Crippen molar-refractivity contribution in [2.75, 3.05) is 6.61 Å². The predicted molar refractivity (Wildman–Crippen MR) is 47.6 cm³/mol. The Bertz CT molecular complexity index is 348. The van der Waals surface area contributed by atoms with E-state index in [9.17, 15) is 4.79 Å². The second kappa shape index (κ2) is 3.42. The number of carboxylic acids is 1. The van der Waals surface area contributed by atoms with Crippen LogP contribution >= 0.6 is 0 Å². The lowest BCUT2D eigenvalue weighted by Crippen LogP contribution is -2.17. The van der Waals surface area contributed by atoms with Crippen LogP contribution in [0, 0.1) is 5.92 Å². The maximum atomic E-state index is 10.9. The lowest BCUT2D eigenvalue weighted by molar-refractivity contribution is -0.143. The van der Waals surface area contributed by atoms with Crippen LogP contribution in [0.1, 0.15) is 18.1 Å². The van der Waals surface area contributed by atoms with E-state index in [0.717, 1.165) is 5.56 Å². The lowest BCUT2D eigenvalue weighted by atomic mass is 9.98. The predicted octanol–water partition coefficient (Wildman–Crippen LogP) is 0.582. The molecular weight excluding hydrogens is 184 g/mol. The molecule has 1 aromatic rings. The first-order valence-electron chi connectivity index (χ1n) is 4.51. The Morgan fingerprint density at radius 2 is 2.57 bits per heavy atom. The largest absolute Gasteiger partial charge is 0.481 e. The zero-order valence-corrected chi connectivity index (χ0v) is 7.88. The van der Waals surface area contributed by atoms with E-state index in [4.69, 9.17) is 9.84 Å². The van der Waals surface area contributed by atoms with Crippen LogP contribution in [0.5, 0.6) is 0 Å². The molecule has 1 aliphatic heterocycles. The molecule has 1 fully saturated rings. The van der Waals surface area contributed by atoms with Crippen molar-refractivity contribution in [3.63, 3.8) is 0 Å². The van der Waals surface area contributed by atoms with E-state index < -0.39 is 11.9 Å². The third-order valence-corrected chi connectivity index (χ3v) is 2.46. The molecule has 2 unspecified atom stereocenters. The summed E-state index contributed by atoms with van der Waals surface area (Å²) in [4.78, 5) is 10.9. The van der Waals surface area contributed by atoms with Gasteiger partial charge in [-0.15, -0.1) is 0 Å². The summed E-state index contributed by atoms with van der Waals surface area (Å²) in [5.41, 5.74) is 0.845. The number of carbonyl (C=O) groups is 1. The van der Waals surface area contributed by atoms with Gasteiger partial charge in [0.15, 0.2) is 0 Å². The second-order valence-corrected chi connectivity index (χ2v) is 3.47. The number of ether oxygens (including phenoxy) is 1. The fourth-order valence-corrected chi connectivity index (χ4v) is 1.76. The number of hydrogen-bond donors (Lipinski definition) is 1. The Balaban J connectivity index is 2.21. The van der Waals surface area contributed by atoms with Gasteiger partial charge in [-0.25, -0.2) is 0 Å². The summed E-state index contributed by atoms with van der Waals surface area (Å²) in [5.74, 6) is -1.23. The van der Waals surface area contributed by atoms with E-state index in [1.807, 2.05) is 0 Å². The summed E-state index contributed by atoms with van der Waals surface area (Å²) >= 11 is 0. The molecule has 0 radical (unpaired) electrons. The van der Waals surface area contributed by atoms with Crippen molar-refractivity contribution < 1.29 is 14.6 Å². The maximum absolute atomic E-state index is 10.9. The van der Waals surface area contributed by atoms with Crippen LogP contribution < -0.4 is 0 Å². The number of aliphatic carboxylic acids is 1. The molecule has 0 aromatic carbocycles. The third-order valence-electron chi connectivity index (χ3n) is 2.46. The molecule has 2 rings (SSSR count). The van der Waals surface area contributed by atoms with E-state index in [2.05, 4.69) is 5.10 Å². The molecule has 0 spiro atoms. The van der Waals surface area contributed by atoms with Crippen molar-refractivity contribution in [1.29, 1.82) is 0 Å². The molecule has 0 bridgehead atoms. The maximum Gasteiger partial charge on any atom is 0.309 e. The topological polar surface area (TPSA) is 64.3 Å². The number of rotatable bonds is 2. The van der Waals surface area contributed by atoms with Crippen LogP contribution in [-0.4, -0.2) is 27.5 Å². The lowest BCUT2D eigenvalue weighted by Gasteiger charge is -2.12. The zero-order valence-electron chi connectivity index (χ0n) is 7.88. The van der Waals surface area contributed by atoms with Gasteiger partial charge in [-0.1, -0.05) is 0 Å². The summed E-state index contributed by atoms with van der Waals surface area (Å²) < 4.78 is 7.04. The quantitative estimate of drug-likeness (QED) is 0.751. The minimum atomic E-state index is -0.795. The number of carboxylic acid groups (broad SMARTS) is 1. The van der Waals surface area contributed by atoms with Crippen molar-refractivity contribution >= 4 is 5.97 Å².